The van der Waals surface area contributed by atoms with Crippen molar-refractivity contribution < 1.29 is 9.53 Å². The van der Waals surface area contributed by atoms with E-state index in [9.17, 15) is 4.79 Å². The van der Waals surface area contributed by atoms with Crippen LogP contribution in [-0.2, 0) is 4.79 Å². The second-order valence-corrected chi connectivity index (χ2v) is 5.03. The van der Waals surface area contributed by atoms with Crippen molar-refractivity contribution in [2.45, 2.75) is 59.1 Å². The summed E-state index contributed by atoms with van der Waals surface area (Å²) in [4.78, 5) is 12.1. The molecular weight excluding hydrogens is 238 g/mol. The number of amides is 1. The molecule has 0 aliphatic carbocycles. The quantitative estimate of drug-likeness (QED) is 0.818. The SMILES string of the molecule is CCC[C@@H](C)NC(=O)[C@H](CC)Oc1ccc(C)cc1. The Kier molecular flexibility index (Phi) is 6.40. The number of rotatable bonds is 7. The third-order valence-electron chi connectivity index (χ3n) is 3.07. The molecule has 1 amide bonds. The molecule has 0 bridgehead atoms. The van der Waals surface area contributed by atoms with E-state index < -0.39 is 6.10 Å². The molecule has 0 radical (unpaired) electrons. The highest BCUT2D eigenvalue weighted by atomic mass is 16.5. The van der Waals surface area contributed by atoms with E-state index in [1.165, 1.54) is 5.56 Å². The highest BCUT2D eigenvalue weighted by molar-refractivity contribution is 5.81. The summed E-state index contributed by atoms with van der Waals surface area (Å²) in [6, 6.07) is 7.98. The van der Waals surface area contributed by atoms with Crippen molar-refractivity contribution in [2.75, 3.05) is 0 Å². The van der Waals surface area contributed by atoms with E-state index in [-0.39, 0.29) is 11.9 Å². The normalized spacial score (nSPS) is 13.7. The van der Waals surface area contributed by atoms with Crippen molar-refractivity contribution in [3.05, 3.63) is 29.8 Å². The molecule has 106 valence electrons. The van der Waals surface area contributed by atoms with Crippen LogP contribution in [0.3, 0.4) is 0 Å². The van der Waals surface area contributed by atoms with E-state index in [1.807, 2.05) is 45.0 Å². The summed E-state index contributed by atoms with van der Waals surface area (Å²) in [6.07, 6.45) is 2.31. The standard InChI is InChI=1S/C16H25NO2/c1-5-7-13(4)17-16(18)15(6-2)19-14-10-8-12(3)9-11-14/h8-11,13,15H,5-7H2,1-4H3,(H,17,18)/t13-,15+/m1/s1. The van der Waals surface area contributed by atoms with Gasteiger partial charge in [0.2, 0.25) is 0 Å². The molecule has 2 atom stereocenters. The fraction of sp³-hybridized carbons (Fsp3) is 0.562. The van der Waals surface area contributed by atoms with Crippen molar-refractivity contribution in [1.29, 1.82) is 0 Å². The van der Waals surface area contributed by atoms with Gasteiger partial charge in [0, 0.05) is 6.04 Å². The summed E-state index contributed by atoms with van der Waals surface area (Å²) >= 11 is 0. The molecule has 1 aromatic rings. The Bertz CT molecular complexity index is 386. The predicted molar refractivity (Wildman–Crippen MR) is 78.4 cm³/mol. The molecule has 1 aromatic carbocycles. The van der Waals surface area contributed by atoms with Gasteiger partial charge in [-0.15, -0.1) is 0 Å². The molecule has 3 nitrogen and oxygen atoms in total. The van der Waals surface area contributed by atoms with E-state index in [0.717, 1.165) is 18.6 Å². The lowest BCUT2D eigenvalue weighted by Crippen LogP contribution is -2.42. The monoisotopic (exact) mass is 263 g/mol. The number of nitrogens with one attached hydrogen (secondary N) is 1. The van der Waals surface area contributed by atoms with Crippen LogP contribution in [0.4, 0.5) is 0 Å². The van der Waals surface area contributed by atoms with Gasteiger partial charge in [-0.2, -0.15) is 0 Å². The summed E-state index contributed by atoms with van der Waals surface area (Å²) in [5.41, 5.74) is 1.18. The minimum absolute atomic E-state index is 0.0241. The zero-order valence-corrected chi connectivity index (χ0v) is 12.4. The predicted octanol–water partition coefficient (Wildman–Crippen LogP) is 3.46. The lowest BCUT2D eigenvalue weighted by molar-refractivity contribution is -0.128. The van der Waals surface area contributed by atoms with Gasteiger partial charge >= 0.3 is 0 Å². The van der Waals surface area contributed by atoms with E-state index in [1.54, 1.807) is 0 Å². The number of carbonyl (C=O) groups excluding carboxylic acids is 1. The fourth-order valence-electron chi connectivity index (χ4n) is 1.94. The summed E-state index contributed by atoms with van der Waals surface area (Å²) in [7, 11) is 0. The van der Waals surface area contributed by atoms with Crippen LogP contribution < -0.4 is 10.1 Å². The molecule has 0 spiro atoms. The van der Waals surface area contributed by atoms with Gasteiger partial charge in [0.1, 0.15) is 5.75 Å². The van der Waals surface area contributed by atoms with E-state index in [0.29, 0.717) is 6.42 Å². The second-order valence-electron chi connectivity index (χ2n) is 5.03. The lowest BCUT2D eigenvalue weighted by Gasteiger charge is -2.20. The average Bonchev–Trinajstić information content (AvgIpc) is 2.38. The molecule has 1 rings (SSSR count). The smallest absolute Gasteiger partial charge is 0.261 e. The molecular formula is C16H25NO2. The highest BCUT2D eigenvalue weighted by Gasteiger charge is 2.19. The van der Waals surface area contributed by atoms with Gasteiger partial charge in [-0.05, 0) is 38.8 Å². The van der Waals surface area contributed by atoms with E-state index in [2.05, 4.69) is 12.2 Å². The first-order valence-corrected chi connectivity index (χ1v) is 7.10. The summed E-state index contributed by atoms with van der Waals surface area (Å²) in [5.74, 6) is 0.722. The van der Waals surface area contributed by atoms with Crippen LogP contribution in [0, 0.1) is 6.92 Å². The Morgan fingerprint density at radius 3 is 2.42 bits per heavy atom. The van der Waals surface area contributed by atoms with Crippen LogP contribution in [0.5, 0.6) is 5.75 Å². The molecule has 0 aliphatic heterocycles. The maximum atomic E-state index is 12.1. The zero-order valence-electron chi connectivity index (χ0n) is 12.4. The van der Waals surface area contributed by atoms with E-state index in [4.69, 9.17) is 4.74 Å². The van der Waals surface area contributed by atoms with Crippen LogP contribution >= 0.6 is 0 Å². The van der Waals surface area contributed by atoms with Gasteiger partial charge in [-0.1, -0.05) is 38.0 Å². The Balaban J connectivity index is 2.57. The van der Waals surface area contributed by atoms with Crippen LogP contribution in [0.25, 0.3) is 0 Å². The maximum Gasteiger partial charge on any atom is 0.261 e. The fourth-order valence-corrected chi connectivity index (χ4v) is 1.94. The second kappa shape index (κ2) is 7.82. The largest absolute Gasteiger partial charge is 0.481 e. The highest BCUT2D eigenvalue weighted by Crippen LogP contribution is 2.14. The first-order valence-electron chi connectivity index (χ1n) is 7.10. The molecule has 0 aliphatic rings. The van der Waals surface area contributed by atoms with Crippen LogP contribution in [0.2, 0.25) is 0 Å². The molecule has 0 fully saturated rings. The van der Waals surface area contributed by atoms with Crippen LogP contribution in [0.1, 0.15) is 45.6 Å². The topological polar surface area (TPSA) is 38.3 Å². The molecule has 1 N–H and O–H groups in total. The van der Waals surface area contributed by atoms with Gasteiger partial charge in [-0.3, -0.25) is 4.79 Å². The van der Waals surface area contributed by atoms with Gasteiger partial charge < -0.3 is 10.1 Å². The van der Waals surface area contributed by atoms with E-state index >= 15 is 0 Å². The number of hydrogen-bond donors (Lipinski definition) is 1. The summed E-state index contributed by atoms with van der Waals surface area (Å²) < 4.78 is 5.75. The van der Waals surface area contributed by atoms with Crippen molar-refractivity contribution >= 4 is 5.91 Å². The van der Waals surface area contributed by atoms with Crippen LogP contribution in [0.15, 0.2) is 24.3 Å². The molecule has 0 saturated heterocycles. The Morgan fingerprint density at radius 2 is 1.89 bits per heavy atom. The number of carbonyl (C=O) groups is 1. The number of ether oxygens (including phenoxy) is 1. The molecule has 0 saturated carbocycles. The lowest BCUT2D eigenvalue weighted by atomic mass is 10.1. The van der Waals surface area contributed by atoms with Gasteiger partial charge in [0.25, 0.3) is 5.91 Å². The Morgan fingerprint density at radius 1 is 1.26 bits per heavy atom. The number of benzene rings is 1. The molecule has 0 unspecified atom stereocenters. The third kappa shape index (κ3) is 5.33. The summed E-state index contributed by atoms with van der Waals surface area (Å²) in [6.45, 7) is 8.13. The molecule has 3 heteroatoms. The minimum Gasteiger partial charge on any atom is -0.481 e. The number of hydrogen-bond acceptors (Lipinski definition) is 2. The van der Waals surface area contributed by atoms with Gasteiger partial charge in [0.05, 0.1) is 0 Å². The van der Waals surface area contributed by atoms with Gasteiger partial charge in [-0.25, -0.2) is 0 Å². The van der Waals surface area contributed by atoms with Crippen LogP contribution in [-0.4, -0.2) is 18.1 Å². The Hall–Kier alpha value is -1.51. The van der Waals surface area contributed by atoms with Crippen molar-refractivity contribution in [3.8, 4) is 5.75 Å². The summed E-state index contributed by atoms with van der Waals surface area (Å²) in [5, 5.41) is 3.00. The van der Waals surface area contributed by atoms with Crippen molar-refractivity contribution in [1.82, 2.24) is 5.32 Å². The first kappa shape index (κ1) is 15.5. The molecule has 19 heavy (non-hydrogen) atoms. The zero-order chi connectivity index (χ0) is 14.3. The first-order chi connectivity index (χ1) is 9.06. The maximum absolute atomic E-state index is 12.1. The third-order valence-corrected chi connectivity index (χ3v) is 3.07. The van der Waals surface area contributed by atoms with Crippen molar-refractivity contribution in [2.24, 2.45) is 0 Å². The Labute approximate surface area is 116 Å². The van der Waals surface area contributed by atoms with Crippen molar-refractivity contribution in [3.63, 3.8) is 0 Å². The molecule has 0 aromatic heterocycles. The molecule has 0 heterocycles. The average molecular weight is 263 g/mol. The minimum atomic E-state index is -0.415. The number of aryl methyl sites for hydroxylation is 1. The van der Waals surface area contributed by atoms with Gasteiger partial charge in [0.15, 0.2) is 6.10 Å².